The van der Waals surface area contributed by atoms with Crippen molar-refractivity contribution in [2.24, 2.45) is 0 Å². The van der Waals surface area contributed by atoms with Gasteiger partial charge in [-0.2, -0.15) is 0 Å². The summed E-state index contributed by atoms with van der Waals surface area (Å²) in [5.74, 6) is 0. The van der Waals surface area contributed by atoms with Gasteiger partial charge in [-0.05, 0) is 12.8 Å². The molecule has 0 heterocycles. The van der Waals surface area contributed by atoms with Crippen LogP contribution in [0.2, 0.25) is 0 Å². The standard InChI is InChI=1S/C3H5FO2S/c4-3(1-2-3)7(5)6/h7H,1-2H2. The van der Waals surface area contributed by atoms with E-state index in [1.165, 1.54) is 0 Å². The smallest absolute Gasteiger partial charge is 0.208 e. The van der Waals surface area contributed by atoms with Gasteiger partial charge in [-0.25, -0.2) is 12.8 Å². The maximum absolute atomic E-state index is 12.0. The van der Waals surface area contributed by atoms with E-state index in [2.05, 4.69) is 0 Å². The number of rotatable bonds is 1. The first-order valence-electron chi connectivity index (χ1n) is 1.98. The van der Waals surface area contributed by atoms with Crippen LogP contribution in [0.5, 0.6) is 0 Å². The molecule has 0 aromatic rings. The van der Waals surface area contributed by atoms with Gasteiger partial charge in [0.15, 0.2) is 10.7 Å². The molecule has 1 saturated carbocycles. The van der Waals surface area contributed by atoms with E-state index in [0.717, 1.165) is 0 Å². The van der Waals surface area contributed by atoms with Crippen LogP contribution in [0.15, 0.2) is 0 Å². The highest BCUT2D eigenvalue weighted by Gasteiger charge is 2.47. The van der Waals surface area contributed by atoms with Crippen LogP contribution in [0.4, 0.5) is 4.39 Å². The Morgan fingerprint density at radius 2 is 1.86 bits per heavy atom. The first-order valence-corrected chi connectivity index (χ1v) is 3.16. The fourth-order valence-corrected chi connectivity index (χ4v) is 0.763. The van der Waals surface area contributed by atoms with Gasteiger partial charge in [-0.15, -0.1) is 0 Å². The predicted molar refractivity (Wildman–Crippen MR) is 23.4 cm³/mol. The fraction of sp³-hybridized carbons (Fsp3) is 1.00. The molecule has 1 fully saturated rings. The van der Waals surface area contributed by atoms with Crippen molar-refractivity contribution in [3.63, 3.8) is 0 Å². The highest BCUT2D eigenvalue weighted by molar-refractivity contribution is 7.74. The number of halogens is 1. The summed E-state index contributed by atoms with van der Waals surface area (Å²) in [6.07, 6.45) is 0.400. The molecule has 1 aliphatic carbocycles. The summed E-state index contributed by atoms with van der Waals surface area (Å²) in [6.45, 7) is 0. The third kappa shape index (κ3) is 0.748. The monoisotopic (exact) mass is 124 g/mol. The van der Waals surface area contributed by atoms with E-state index < -0.39 is 15.7 Å². The Balaban J connectivity index is 2.73. The maximum Gasteiger partial charge on any atom is 0.208 e. The summed E-state index contributed by atoms with van der Waals surface area (Å²) in [6, 6.07) is 0. The zero-order valence-corrected chi connectivity index (χ0v) is 4.45. The predicted octanol–water partition coefficient (Wildman–Crippen LogP) is 0.0574. The summed E-state index contributed by atoms with van der Waals surface area (Å²) >= 11 is 0. The van der Waals surface area contributed by atoms with Crippen LogP contribution in [0.1, 0.15) is 12.8 Å². The van der Waals surface area contributed by atoms with E-state index in [0.29, 0.717) is 0 Å². The number of hydrogen-bond acceptors (Lipinski definition) is 2. The Hall–Kier alpha value is -0.120. The first-order chi connectivity index (χ1) is 3.15. The lowest BCUT2D eigenvalue weighted by molar-refractivity contribution is 0.412. The second-order valence-electron chi connectivity index (χ2n) is 1.68. The van der Waals surface area contributed by atoms with Gasteiger partial charge in [0.05, 0.1) is 0 Å². The quantitative estimate of drug-likeness (QED) is 0.501. The van der Waals surface area contributed by atoms with Gasteiger partial charge in [0.25, 0.3) is 0 Å². The molecule has 0 saturated heterocycles. The minimum absolute atomic E-state index is 0.200. The lowest BCUT2D eigenvalue weighted by Gasteiger charge is -1.84. The van der Waals surface area contributed by atoms with Crippen molar-refractivity contribution in [3.8, 4) is 0 Å². The van der Waals surface area contributed by atoms with Crippen LogP contribution in [-0.2, 0) is 10.7 Å². The highest BCUT2D eigenvalue weighted by atomic mass is 32.2. The van der Waals surface area contributed by atoms with Crippen LogP contribution < -0.4 is 0 Å². The molecular formula is C3H5FO2S. The third-order valence-electron chi connectivity index (χ3n) is 0.990. The van der Waals surface area contributed by atoms with E-state index >= 15 is 0 Å². The second kappa shape index (κ2) is 1.18. The summed E-state index contributed by atoms with van der Waals surface area (Å²) in [5, 5.41) is -1.80. The molecule has 1 aliphatic rings. The molecule has 2 nitrogen and oxygen atoms in total. The maximum atomic E-state index is 12.0. The Kier molecular flexibility index (Phi) is 0.849. The van der Waals surface area contributed by atoms with Gasteiger partial charge in [0, 0.05) is 0 Å². The molecule has 0 aromatic carbocycles. The van der Waals surface area contributed by atoms with E-state index in [4.69, 9.17) is 0 Å². The molecule has 0 amide bonds. The van der Waals surface area contributed by atoms with Gasteiger partial charge in [0.2, 0.25) is 5.00 Å². The highest BCUT2D eigenvalue weighted by Crippen LogP contribution is 2.40. The van der Waals surface area contributed by atoms with Crippen molar-refractivity contribution >= 4 is 10.7 Å². The third-order valence-corrected chi connectivity index (χ3v) is 2.09. The van der Waals surface area contributed by atoms with Gasteiger partial charge in [-0.3, -0.25) is 0 Å². The minimum Gasteiger partial charge on any atom is -0.229 e. The Morgan fingerprint density at radius 3 is 1.86 bits per heavy atom. The van der Waals surface area contributed by atoms with Crippen LogP contribution in [0.3, 0.4) is 0 Å². The lowest BCUT2D eigenvalue weighted by atomic mass is 10.9. The van der Waals surface area contributed by atoms with Crippen molar-refractivity contribution in [2.75, 3.05) is 0 Å². The largest absolute Gasteiger partial charge is 0.229 e. The molecule has 42 valence electrons. The SMILES string of the molecule is O=[SH](=O)C1(F)CC1. The molecule has 0 atom stereocenters. The summed E-state index contributed by atoms with van der Waals surface area (Å²) < 4.78 is 31.5. The molecule has 0 bridgehead atoms. The van der Waals surface area contributed by atoms with Crippen molar-refractivity contribution in [2.45, 2.75) is 17.8 Å². The van der Waals surface area contributed by atoms with E-state index in [9.17, 15) is 12.8 Å². The minimum atomic E-state index is -2.80. The summed E-state index contributed by atoms with van der Waals surface area (Å²) in [5.41, 5.74) is 0. The van der Waals surface area contributed by atoms with Crippen LogP contribution >= 0.6 is 0 Å². The van der Waals surface area contributed by atoms with Crippen LogP contribution in [0, 0.1) is 0 Å². The van der Waals surface area contributed by atoms with Crippen molar-refractivity contribution in [1.29, 1.82) is 0 Å². The van der Waals surface area contributed by atoms with Crippen molar-refractivity contribution in [1.82, 2.24) is 0 Å². The Morgan fingerprint density at radius 1 is 1.43 bits per heavy atom. The van der Waals surface area contributed by atoms with Crippen molar-refractivity contribution < 1.29 is 12.8 Å². The average molecular weight is 124 g/mol. The molecule has 0 aliphatic heterocycles. The Labute approximate surface area is 42.3 Å². The van der Waals surface area contributed by atoms with Crippen LogP contribution in [0.25, 0.3) is 0 Å². The first kappa shape index (κ1) is 5.03. The lowest BCUT2D eigenvalue weighted by Crippen LogP contribution is -1.98. The molecule has 0 aromatic heterocycles. The van der Waals surface area contributed by atoms with Crippen molar-refractivity contribution in [3.05, 3.63) is 0 Å². The zero-order chi connectivity index (χ0) is 5.49. The van der Waals surface area contributed by atoms with Gasteiger partial charge in [0.1, 0.15) is 0 Å². The molecule has 1 rings (SSSR count). The zero-order valence-electron chi connectivity index (χ0n) is 3.56. The fourth-order valence-electron chi connectivity index (χ4n) is 0.286. The molecule has 7 heavy (non-hydrogen) atoms. The van der Waals surface area contributed by atoms with Gasteiger partial charge < -0.3 is 0 Å². The van der Waals surface area contributed by atoms with E-state index in [-0.39, 0.29) is 12.8 Å². The average Bonchev–Trinajstić information content (AvgIpc) is 2.21. The van der Waals surface area contributed by atoms with E-state index in [1.54, 1.807) is 0 Å². The molecular weight excluding hydrogens is 119 g/mol. The Bertz CT molecular complexity index is 139. The molecule has 4 heteroatoms. The van der Waals surface area contributed by atoms with Gasteiger partial charge in [-0.1, -0.05) is 0 Å². The topological polar surface area (TPSA) is 34.1 Å². The van der Waals surface area contributed by atoms with Gasteiger partial charge >= 0.3 is 0 Å². The molecule has 0 radical (unpaired) electrons. The molecule has 0 spiro atoms. The normalized spacial score (nSPS) is 25.4. The number of hydrogen-bond donors (Lipinski definition) is 1. The summed E-state index contributed by atoms with van der Waals surface area (Å²) in [7, 11) is -2.80. The van der Waals surface area contributed by atoms with Crippen LogP contribution in [-0.4, -0.2) is 13.4 Å². The molecule has 0 N–H and O–H groups in total. The molecule has 0 unspecified atom stereocenters. The van der Waals surface area contributed by atoms with E-state index in [1.807, 2.05) is 0 Å². The number of alkyl halides is 1. The number of thiol groups is 1. The second-order valence-corrected chi connectivity index (χ2v) is 2.99. The summed E-state index contributed by atoms with van der Waals surface area (Å²) in [4.78, 5) is 0.